The molecule has 0 saturated heterocycles. The molecule has 106 valence electrons. The number of rotatable bonds is 6. The first-order chi connectivity index (χ1) is 9.65. The second-order valence-electron chi connectivity index (χ2n) is 4.92. The predicted octanol–water partition coefficient (Wildman–Crippen LogP) is 3.30. The molecule has 1 aromatic carbocycles. The zero-order valence-corrected chi connectivity index (χ0v) is 11.8. The van der Waals surface area contributed by atoms with E-state index < -0.39 is 0 Å². The SMILES string of the molecule is CC(C)NCc1ccc(OCc2ccccc2F)nc1. The molecule has 0 radical (unpaired) electrons. The Labute approximate surface area is 118 Å². The third kappa shape index (κ3) is 4.31. The predicted molar refractivity (Wildman–Crippen MR) is 76.9 cm³/mol. The van der Waals surface area contributed by atoms with Gasteiger partial charge in [-0.3, -0.25) is 0 Å². The van der Waals surface area contributed by atoms with E-state index >= 15 is 0 Å². The Hall–Kier alpha value is -1.94. The Morgan fingerprint density at radius 2 is 2.00 bits per heavy atom. The van der Waals surface area contributed by atoms with Gasteiger partial charge in [0.2, 0.25) is 5.88 Å². The molecule has 20 heavy (non-hydrogen) atoms. The van der Waals surface area contributed by atoms with Crippen molar-refractivity contribution < 1.29 is 9.13 Å². The van der Waals surface area contributed by atoms with Crippen molar-refractivity contribution in [3.05, 3.63) is 59.5 Å². The minimum atomic E-state index is -0.259. The monoisotopic (exact) mass is 274 g/mol. The third-order valence-electron chi connectivity index (χ3n) is 2.85. The van der Waals surface area contributed by atoms with Crippen LogP contribution in [-0.4, -0.2) is 11.0 Å². The minimum Gasteiger partial charge on any atom is -0.473 e. The van der Waals surface area contributed by atoms with Gasteiger partial charge in [-0.05, 0) is 11.6 Å². The van der Waals surface area contributed by atoms with E-state index in [9.17, 15) is 4.39 Å². The van der Waals surface area contributed by atoms with Crippen LogP contribution in [0, 0.1) is 5.82 Å². The molecule has 0 bridgehead atoms. The van der Waals surface area contributed by atoms with Crippen molar-refractivity contribution >= 4 is 0 Å². The second-order valence-corrected chi connectivity index (χ2v) is 4.92. The largest absolute Gasteiger partial charge is 0.473 e. The van der Waals surface area contributed by atoms with Gasteiger partial charge < -0.3 is 10.1 Å². The summed E-state index contributed by atoms with van der Waals surface area (Å²) in [6.45, 7) is 5.15. The van der Waals surface area contributed by atoms with Crippen LogP contribution in [0.3, 0.4) is 0 Å². The van der Waals surface area contributed by atoms with Gasteiger partial charge >= 0.3 is 0 Å². The van der Waals surface area contributed by atoms with Crippen molar-refractivity contribution in [1.29, 1.82) is 0 Å². The van der Waals surface area contributed by atoms with E-state index in [4.69, 9.17) is 4.74 Å². The Balaban J connectivity index is 1.89. The molecule has 0 aliphatic rings. The van der Waals surface area contributed by atoms with Gasteiger partial charge in [0.15, 0.2) is 0 Å². The number of halogens is 1. The van der Waals surface area contributed by atoms with Crippen molar-refractivity contribution in [2.45, 2.75) is 33.0 Å². The lowest BCUT2D eigenvalue weighted by Gasteiger charge is -2.09. The fourth-order valence-electron chi connectivity index (χ4n) is 1.69. The van der Waals surface area contributed by atoms with Crippen molar-refractivity contribution in [2.24, 2.45) is 0 Å². The van der Waals surface area contributed by atoms with Crippen LogP contribution in [-0.2, 0) is 13.2 Å². The van der Waals surface area contributed by atoms with E-state index in [1.165, 1.54) is 6.07 Å². The first kappa shape index (κ1) is 14.5. The number of hydrogen-bond donors (Lipinski definition) is 1. The lowest BCUT2D eigenvalue weighted by atomic mass is 10.2. The number of aromatic nitrogens is 1. The molecular weight excluding hydrogens is 255 g/mol. The first-order valence-electron chi connectivity index (χ1n) is 6.69. The highest BCUT2D eigenvalue weighted by Crippen LogP contribution is 2.12. The summed E-state index contributed by atoms with van der Waals surface area (Å²) in [6.07, 6.45) is 1.77. The van der Waals surface area contributed by atoms with E-state index in [1.54, 1.807) is 30.5 Å². The van der Waals surface area contributed by atoms with Crippen molar-refractivity contribution in [3.63, 3.8) is 0 Å². The van der Waals surface area contributed by atoms with Gasteiger partial charge in [0.05, 0.1) is 0 Å². The molecule has 1 aromatic heterocycles. The molecular formula is C16H19FN2O. The average molecular weight is 274 g/mol. The molecule has 1 heterocycles. The number of hydrogen-bond acceptors (Lipinski definition) is 3. The average Bonchev–Trinajstić information content (AvgIpc) is 2.45. The van der Waals surface area contributed by atoms with Gasteiger partial charge in [0.25, 0.3) is 0 Å². The fourth-order valence-corrected chi connectivity index (χ4v) is 1.69. The molecule has 0 amide bonds. The van der Waals surface area contributed by atoms with Crippen molar-refractivity contribution in [1.82, 2.24) is 10.3 Å². The summed E-state index contributed by atoms with van der Waals surface area (Å²) in [4.78, 5) is 4.22. The van der Waals surface area contributed by atoms with E-state index in [1.807, 2.05) is 6.07 Å². The lowest BCUT2D eigenvalue weighted by Crippen LogP contribution is -2.21. The zero-order chi connectivity index (χ0) is 14.4. The maximum absolute atomic E-state index is 13.4. The summed E-state index contributed by atoms with van der Waals surface area (Å²) in [5.41, 5.74) is 1.62. The normalized spacial score (nSPS) is 10.8. The molecule has 4 heteroatoms. The van der Waals surface area contributed by atoms with E-state index in [-0.39, 0.29) is 12.4 Å². The van der Waals surface area contributed by atoms with Crippen LogP contribution < -0.4 is 10.1 Å². The fraction of sp³-hybridized carbons (Fsp3) is 0.312. The summed E-state index contributed by atoms with van der Waals surface area (Å²) in [5, 5.41) is 3.32. The van der Waals surface area contributed by atoms with Gasteiger partial charge in [0, 0.05) is 30.4 Å². The number of nitrogens with zero attached hydrogens (tertiary/aromatic N) is 1. The van der Waals surface area contributed by atoms with E-state index in [0.717, 1.165) is 12.1 Å². The standard InChI is InChI=1S/C16H19FN2O/c1-12(2)18-9-13-7-8-16(19-10-13)20-11-14-5-3-4-6-15(14)17/h3-8,10,12,18H,9,11H2,1-2H3. The van der Waals surface area contributed by atoms with Gasteiger partial charge in [-0.2, -0.15) is 0 Å². The molecule has 0 unspecified atom stereocenters. The van der Waals surface area contributed by atoms with Crippen LogP contribution in [0.4, 0.5) is 4.39 Å². The summed E-state index contributed by atoms with van der Waals surface area (Å²) < 4.78 is 18.9. The summed E-state index contributed by atoms with van der Waals surface area (Å²) in [7, 11) is 0. The van der Waals surface area contributed by atoms with Crippen LogP contribution >= 0.6 is 0 Å². The highest BCUT2D eigenvalue weighted by Gasteiger charge is 2.03. The van der Waals surface area contributed by atoms with Gasteiger partial charge in [-0.1, -0.05) is 38.1 Å². The lowest BCUT2D eigenvalue weighted by molar-refractivity contribution is 0.288. The number of pyridine rings is 1. The quantitative estimate of drug-likeness (QED) is 0.877. The van der Waals surface area contributed by atoms with Crippen LogP contribution in [0.2, 0.25) is 0 Å². The minimum absolute atomic E-state index is 0.184. The Morgan fingerprint density at radius 1 is 1.20 bits per heavy atom. The van der Waals surface area contributed by atoms with Gasteiger partial charge in [-0.25, -0.2) is 9.37 Å². The molecule has 0 aliphatic carbocycles. The molecule has 2 aromatic rings. The van der Waals surface area contributed by atoms with Crippen LogP contribution in [0.5, 0.6) is 5.88 Å². The number of nitrogens with one attached hydrogen (secondary N) is 1. The van der Waals surface area contributed by atoms with Gasteiger partial charge in [0.1, 0.15) is 12.4 Å². The molecule has 1 N–H and O–H groups in total. The van der Waals surface area contributed by atoms with Crippen molar-refractivity contribution in [3.8, 4) is 5.88 Å². The second kappa shape index (κ2) is 7.01. The molecule has 2 rings (SSSR count). The molecule has 3 nitrogen and oxygen atoms in total. The highest BCUT2D eigenvalue weighted by molar-refractivity contribution is 5.20. The van der Waals surface area contributed by atoms with E-state index in [2.05, 4.69) is 24.1 Å². The molecule has 0 atom stereocenters. The Kier molecular flexibility index (Phi) is 5.07. The smallest absolute Gasteiger partial charge is 0.213 e. The highest BCUT2D eigenvalue weighted by atomic mass is 19.1. The maximum atomic E-state index is 13.4. The summed E-state index contributed by atoms with van der Waals surface area (Å²) in [5.74, 6) is 0.242. The molecule has 0 aliphatic heterocycles. The number of benzene rings is 1. The number of ether oxygens (including phenoxy) is 1. The van der Waals surface area contributed by atoms with E-state index in [0.29, 0.717) is 17.5 Å². The van der Waals surface area contributed by atoms with Crippen molar-refractivity contribution in [2.75, 3.05) is 0 Å². The van der Waals surface area contributed by atoms with Gasteiger partial charge in [-0.15, -0.1) is 0 Å². The topological polar surface area (TPSA) is 34.1 Å². The summed E-state index contributed by atoms with van der Waals surface area (Å²) >= 11 is 0. The summed E-state index contributed by atoms with van der Waals surface area (Å²) in [6, 6.07) is 10.8. The molecule has 0 spiro atoms. The third-order valence-corrected chi connectivity index (χ3v) is 2.85. The van der Waals surface area contributed by atoms with Crippen LogP contribution in [0.25, 0.3) is 0 Å². The van der Waals surface area contributed by atoms with Crippen LogP contribution in [0.1, 0.15) is 25.0 Å². The maximum Gasteiger partial charge on any atom is 0.213 e. The molecule has 0 saturated carbocycles. The first-order valence-corrected chi connectivity index (χ1v) is 6.69. The van der Waals surface area contributed by atoms with Crippen LogP contribution in [0.15, 0.2) is 42.6 Å². The Bertz CT molecular complexity index is 540. The Morgan fingerprint density at radius 3 is 2.65 bits per heavy atom. The molecule has 0 fully saturated rings. The zero-order valence-electron chi connectivity index (χ0n) is 11.8.